The molecule has 0 spiro atoms. The Hall–Kier alpha value is -1.00. The molecule has 0 radical (unpaired) electrons. The van der Waals surface area contributed by atoms with E-state index in [1.807, 2.05) is 41.3 Å². The summed E-state index contributed by atoms with van der Waals surface area (Å²) in [4.78, 5) is 3.03. The number of thiazole rings is 1. The van der Waals surface area contributed by atoms with Gasteiger partial charge in [0.25, 0.3) is 15.1 Å². The summed E-state index contributed by atoms with van der Waals surface area (Å²) in [7, 11) is -8.57. The summed E-state index contributed by atoms with van der Waals surface area (Å²) in [5.41, 5.74) is 1.57. The molecule has 0 atom stereocenters. The second-order valence-corrected chi connectivity index (χ2v) is 14.4. The first-order valence-corrected chi connectivity index (χ1v) is 16.3. The largest absolute Gasteiger partial charge is 0.743 e. The molecule has 2 aromatic carbocycles. The number of rotatable bonds is 8. The van der Waals surface area contributed by atoms with E-state index in [-0.39, 0.29) is 5.75 Å². The fourth-order valence-electron chi connectivity index (χ4n) is 3.55. The van der Waals surface area contributed by atoms with E-state index in [4.69, 9.17) is 4.55 Å². The number of unbranched alkanes of at least 4 members (excludes halogenated alkanes) is 1. The molecule has 0 unspecified atom stereocenters. The molecule has 0 aliphatic carbocycles. The normalized spacial score (nSPS) is 15.4. The quantitative estimate of drug-likeness (QED) is 0.207. The van der Waals surface area contributed by atoms with Crippen LogP contribution in [0, 0.1) is 0 Å². The maximum Gasteiger partial charge on any atom is 0.266 e. The molecule has 0 bridgehead atoms. The van der Waals surface area contributed by atoms with Crippen LogP contribution in [-0.4, -0.2) is 38.2 Å². The first kappa shape index (κ1) is 26.1. The fourth-order valence-corrected chi connectivity index (χ4v) is 7.75. The van der Waals surface area contributed by atoms with Gasteiger partial charge >= 0.3 is 0 Å². The molecular weight excluding hydrogens is 652 g/mol. The molecule has 1 aliphatic rings. The Bertz CT molecular complexity index is 1500. The molecule has 182 valence electrons. The summed E-state index contributed by atoms with van der Waals surface area (Å²) in [6.07, 6.45) is 2.66. The number of halogens is 2. The lowest BCUT2D eigenvalue weighted by Gasteiger charge is -2.20. The van der Waals surface area contributed by atoms with Crippen LogP contribution in [0.5, 0.6) is 0 Å². The minimum atomic E-state index is -4.54. The summed E-state index contributed by atoms with van der Waals surface area (Å²) in [6, 6.07) is 11.3. The van der Waals surface area contributed by atoms with Gasteiger partial charge in [-0.3, -0.25) is 4.55 Å². The second-order valence-electron chi connectivity index (χ2n) is 7.51. The van der Waals surface area contributed by atoms with Crippen LogP contribution < -0.4 is 9.47 Å². The summed E-state index contributed by atoms with van der Waals surface area (Å²) < 4.78 is 70.1. The van der Waals surface area contributed by atoms with E-state index in [1.54, 1.807) is 6.07 Å². The molecule has 1 N–H and O–H groups in total. The van der Waals surface area contributed by atoms with Crippen molar-refractivity contribution in [1.82, 2.24) is 0 Å². The lowest BCUT2D eigenvalue weighted by molar-refractivity contribution is -0.649. The number of hydrogen-bond acceptors (Lipinski definition) is 8. The van der Waals surface area contributed by atoms with Crippen LogP contribution in [0.25, 0.3) is 16.3 Å². The van der Waals surface area contributed by atoms with Crippen molar-refractivity contribution >= 4 is 97.2 Å². The van der Waals surface area contributed by atoms with Gasteiger partial charge in [-0.25, -0.2) is 8.42 Å². The van der Waals surface area contributed by atoms with Gasteiger partial charge in [0.1, 0.15) is 4.70 Å². The molecule has 2 heterocycles. The third-order valence-electron chi connectivity index (χ3n) is 4.95. The first-order chi connectivity index (χ1) is 15.9. The topological polar surface area (TPSA) is 119 Å². The average molecular weight is 670 g/mol. The van der Waals surface area contributed by atoms with Crippen molar-refractivity contribution in [3.63, 3.8) is 0 Å². The maximum absolute atomic E-state index is 11.7. The number of anilines is 1. The zero-order valence-electron chi connectivity index (χ0n) is 17.3. The highest BCUT2D eigenvalue weighted by Gasteiger charge is 2.29. The van der Waals surface area contributed by atoms with E-state index in [0.717, 1.165) is 29.3 Å². The van der Waals surface area contributed by atoms with Crippen LogP contribution >= 0.6 is 55.0 Å². The number of aromatic nitrogens is 1. The molecular formula is C20H18Br2N2O6S4. The van der Waals surface area contributed by atoms with Crippen LogP contribution in [-0.2, 0) is 26.1 Å². The molecule has 34 heavy (non-hydrogen) atoms. The minimum Gasteiger partial charge on any atom is -0.743 e. The standard InChI is InChI=1S/C20H18Br2N2O6S4/c21-13-3-5-17-15(9-13)23(7-1-2-8-33(25,26)27)19(31-17)11-20-24(12-34(28,29)30)16-10-14(22)4-6-18(16)32-20/h3-6,9-11H,1-2,7-8,12H2,(H-,25,26,27,28,29,30). The van der Waals surface area contributed by atoms with Crippen LogP contribution in [0.2, 0.25) is 0 Å². The van der Waals surface area contributed by atoms with Gasteiger partial charge in [0, 0.05) is 26.5 Å². The summed E-state index contributed by atoms with van der Waals surface area (Å²) in [6.45, 7) is 0.494. The van der Waals surface area contributed by atoms with Gasteiger partial charge in [0.05, 0.1) is 22.5 Å². The molecule has 4 rings (SSSR count). The van der Waals surface area contributed by atoms with E-state index < -0.39 is 26.1 Å². The first-order valence-electron chi connectivity index (χ1n) is 9.87. The van der Waals surface area contributed by atoms with Crippen molar-refractivity contribution in [1.29, 1.82) is 0 Å². The Labute approximate surface area is 222 Å². The maximum atomic E-state index is 11.7. The van der Waals surface area contributed by atoms with Crippen molar-refractivity contribution < 1.29 is 30.5 Å². The molecule has 1 aromatic heterocycles. The van der Waals surface area contributed by atoms with Gasteiger partial charge in [0.2, 0.25) is 11.4 Å². The van der Waals surface area contributed by atoms with Crippen LogP contribution in [0.15, 0.2) is 55.3 Å². The smallest absolute Gasteiger partial charge is 0.266 e. The van der Waals surface area contributed by atoms with Crippen molar-refractivity contribution in [2.45, 2.75) is 23.6 Å². The number of benzene rings is 2. The number of hydrogen-bond donors (Lipinski definition) is 1. The molecule has 8 nitrogen and oxygen atoms in total. The van der Waals surface area contributed by atoms with Crippen molar-refractivity contribution in [2.75, 3.05) is 17.2 Å². The third-order valence-corrected chi connectivity index (χ3v) is 9.54. The third kappa shape index (κ3) is 6.40. The summed E-state index contributed by atoms with van der Waals surface area (Å²) in [5, 5.41) is 1.42. The van der Waals surface area contributed by atoms with Crippen molar-refractivity contribution in [3.8, 4) is 0 Å². The monoisotopic (exact) mass is 668 g/mol. The van der Waals surface area contributed by atoms with Crippen LogP contribution in [0.1, 0.15) is 17.8 Å². The average Bonchev–Trinajstić information content (AvgIpc) is 3.21. The summed E-state index contributed by atoms with van der Waals surface area (Å²) >= 11 is 9.77. The Balaban J connectivity index is 1.74. The lowest BCUT2D eigenvalue weighted by atomic mass is 10.2. The van der Waals surface area contributed by atoms with E-state index in [1.165, 1.54) is 27.7 Å². The van der Waals surface area contributed by atoms with Crippen molar-refractivity contribution in [3.05, 3.63) is 55.4 Å². The Kier molecular flexibility index (Phi) is 7.80. The zero-order chi connectivity index (χ0) is 24.7. The van der Waals surface area contributed by atoms with Gasteiger partial charge in [-0.15, -0.1) is 0 Å². The second kappa shape index (κ2) is 10.2. The Morgan fingerprint density at radius 3 is 2.47 bits per heavy atom. The van der Waals surface area contributed by atoms with E-state index in [0.29, 0.717) is 29.9 Å². The van der Waals surface area contributed by atoms with Crippen molar-refractivity contribution in [2.24, 2.45) is 0 Å². The van der Waals surface area contributed by atoms with Gasteiger partial charge < -0.3 is 9.45 Å². The summed E-state index contributed by atoms with van der Waals surface area (Å²) in [5.74, 6) is -1.01. The van der Waals surface area contributed by atoms with Gasteiger partial charge in [0.15, 0.2) is 10.1 Å². The fraction of sp³-hybridized carbons (Fsp3) is 0.250. The van der Waals surface area contributed by atoms with E-state index in [9.17, 15) is 21.4 Å². The molecule has 14 heteroatoms. The van der Waals surface area contributed by atoms with Gasteiger partial charge in [-0.05, 0) is 43.2 Å². The SMILES string of the molecule is O=S(=O)([O-])C[n+]1c(C=C2Sc3ccc(Br)cc3N2CCCCS(=O)(=O)O)sc2ccc(Br)cc21. The van der Waals surface area contributed by atoms with Gasteiger partial charge in [-0.1, -0.05) is 55.0 Å². The number of fused-ring (bicyclic) bond motifs is 2. The predicted octanol–water partition coefficient (Wildman–Crippen LogP) is 4.80. The van der Waals surface area contributed by atoms with E-state index in [2.05, 4.69) is 31.9 Å². The Morgan fingerprint density at radius 1 is 1.06 bits per heavy atom. The highest BCUT2D eigenvalue weighted by Crippen LogP contribution is 2.48. The van der Waals surface area contributed by atoms with Crippen LogP contribution in [0.4, 0.5) is 5.69 Å². The number of nitrogens with zero attached hydrogens (tertiary/aromatic N) is 2. The molecule has 3 aromatic rings. The van der Waals surface area contributed by atoms with E-state index >= 15 is 0 Å². The lowest BCUT2D eigenvalue weighted by Crippen LogP contribution is -2.39. The number of thioether (sulfide) groups is 1. The Morgan fingerprint density at radius 2 is 1.76 bits per heavy atom. The predicted molar refractivity (Wildman–Crippen MR) is 140 cm³/mol. The molecule has 0 saturated heterocycles. The highest BCUT2D eigenvalue weighted by atomic mass is 79.9. The molecule has 0 saturated carbocycles. The van der Waals surface area contributed by atoms with Crippen LogP contribution in [0.3, 0.4) is 0 Å². The highest BCUT2D eigenvalue weighted by molar-refractivity contribution is 9.10. The molecule has 0 fully saturated rings. The minimum absolute atomic E-state index is 0.294. The van der Waals surface area contributed by atoms with Gasteiger partial charge in [-0.2, -0.15) is 13.0 Å². The molecule has 1 aliphatic heterocycles. The zero-order valence-corrected chi connectivity index (χ0v) is 23.8. The molecule has 0 amide bonds.